The number of hydrogen-bond acceptors (Lipinski definition) is 6. The number of hydrogen-bond donors (Lipinski definition) is 1. The van der Waals surface area contributed by atoms with E-state index in [0.717, 1.165) is 6.08 Å². The standard InChI is InChI=1S/C13H15NO6/c1-3-20-13(16)12(15)10(14(17)18)8-9-6-4-5-7-11(9)19-2/h4-8,12,15H,3H2,1-2H3/b10-8+/t12-/m0/s1. The number of aliphatic hydroxyl groups is 1. The zero-order valence-corrected chi connectivity index (χ0v) is 11.1. The zero-order valence-electron chi connectivity index (χ0n) is 11.1. The summed E-state index contributed by atoms with van der Waals surface area (Å²) in [5.74, 6) is -0.673. The number of aliphatic hydroxyl groups excluding tert-OH is 1. The number of esters is 1. The van der Waals surface area contributed by atoms with Gasteiger partial charge in [0.1, 0.15) is 5.75 Å². The van der Waals surface area contributed by atoms with Crippen LogP contribution in [0, 0.1) is 10.1 Å². The Hall–Kier alpha value is -2.41. The highest BCUT2D eigenvalue weighted by Crippen LogP contribution is 2.22. The molecule has 0 amide bonds. The first-order valence-electron chi connectivity index (χ1n) is 5.85. The third kappa shape index (κ3) is 3.79. The first-order valence-corrected chi connectivity index (χ1v) is 5.85. The molecule has 0 aliphatic heterocycles. The van der Waals surface area contributed by atoms with Gasteiger partial charge in [-0.3, -0.25) is 10.1 Å². The number of rotatable bonds is 6. The van der Waals surface area contributed by atoms with Crippen LogP contribution in [0.15, 0.2) is 30.0 Å². The highest BCUT2D eigenvalue weighted by atomic mass is 16.6. The minimum atomic E-state index is -1.95. The number of nitrogens with zero attached hydrogens (tertiary/aromatic N) is 1. The van der Waals surface area contributed by atoms with Crippen molar-refractivity contribution < 1.29 is 24.3 Å². The van der Waals surface area contributed by atoms with E-state index in [1.165, 1.54) is 7.11 Å². The number of nitro groups is 1. The summed E-state index contributed by atoms with van der Waals surface area (Å²) in [6.07, 6.45) is -0.865. The van der Waals surface area contributed by atoms with Crippen LogP contribution >= 0.6 is 0 Å². The molecule has 1 atom stereocenters. The molecule has 0 aliphatic rings. The van der Waals surface area contributed by atoms with E-state index in [1.807, 2.05) is 0 Å². The van der Waals surface area contributed by atoms with Gasteiger partial charge in [-0.2, -0.15) is 0 Å². The summed E-state index contributed by atoms with van der Waals surface area (Å²) >= 11 is 0. The number of para-hydroxylation sites is 1. The van der Waals surface area contributed by atoms with Gasteiger partial charge in [0.2, 0.25) is 6.10 Å². The molecule has 0 saturated heterocycles. The van der Waals surface area contributed by atoms with Crippen molar-refractivity contribution in [2.45, 2.75) is 13.0 Å². The molecule has 7 nitrogen and oxygen atoms in total. The fourth-order valence-electron chi connectivity index (χ4n) is 1.52. The van der Waals surface area contributed by atoms with Crippen LogP contribution in [0.4, 0.5) is 0 Å². The molecule has 1 aromatic rings. The van der Waals surface area contributed by atoms with Crippen LogP contribution in [0.5, 0.6) is 5.75 Å². The molecule has 0 spiro atoms. The van der Waals surface area contributed by atoms with Crippen molar-refractivity contribution in [2.24, 2.45) is 0 Å². The molecular weight excluding hydrogens is 266 g/mol. The molecule has 1 rings (SSSR count). The lowest BCUT2D eigenvalue weighted by molar-refractivity contribution is -0.432. The maximum Gasteiger partial charge on any atom is 0.346 e. The summed E-state index contributed by atoms with van der Waals surface area (Å²) in [5, 5.41) is 20.7. The lowest BCUT2D eigenvalue weighted by Crippen LogP contribution is -2.28. The smallest absolute Gasteiger partial charge is 0.346 e. The van der Waals surface area contributed by atoms with E-state index in [0.29, 0.717) is 11.3 Å². The molecule has 0 unspecified atom stereocenters. The second kappa shape index (κ2) is 7.25. The van der Waals surface area contributed by atoms with Crippen LogP contribution in [-0.4, -0.2) is 35.8 Å². The molecule has 0 heterocycles. The first-order chi connectivity index (χ1) is 9.51. The SMILES string of the molecule is CCOC(=O)[C@@H](O)/C(=C\c1ccccc1OC)[N+](=O)[O-]. The van der Waals surface area contributed by atoms with Crippen molar-refractivity contribution in [3.05, 3.63) is 45.6 Å². The van der Waals surface area contributed by atoms with E-state index in [9.17, 15) is 20.0 Å². The van der Waals surface area contributed by atoms with Crippen LogP contribution in [0.3, 0.4) is 0 Å². The van der Waals surface area contributed by atoms with Gasteiger partial charge >= 0.3 is 5.97 Å². The molecule has 0 aliphatic carbocycles. The maximum absolute atomic E-state index is 11.4. The molecular formula is C13H15NO6. The van der Waals surface area contributed by atoms with Crippen molar-refractivity contribution in [1.82, 2.24) is 0 Å². The fourth-order valence-corrected chi connectivity index (χ4v) is 1.52. The van der Waals surface area contributed by atoms with Crippen LogP contribution in [0.25, 0.3) is 6.08 Å². The minimum Gasteiger partial charge on any atom is -0.496 e. The third-order valence-electron chi connectivity index (χ3n) is 2.44. The van der Waals surface area contributed by atoms with Crippen LogP contribution < -0.4 is 4.74 Å². The van der Waals surface area contributed by atoms with Crippen molar-refractivity contribution in [3.8, 4) is 5.75 Å². The van der Waals surface area contributed by atoms with Crippen molar-refractivity contribution in [1.29, 1.82) is 0 Å². The summed E-state index contributed by atoms with van der Waals surface area (Å²) in [7, 11) is 1.42. The Labute approximate surface area is 115 Å². The Morgan fingerprint density at radius 2 is 2.15 bits per heavy atom. The molecule has 0 bridgehead atoms. The highest BCUT2D eigenvalue weighted by molar-refractivity contribution is 5.79. The summed E-state index contributed by atoms with van der Waals surface area (Å²) in [6, 6.07) is 6.53. The molecule has 0 aromatic heterocycles. The van der Waals surface area contributed by atoms with E-state index < -0.39 is 22.7 Å². The van der Waals surface area contributed by atoms with Gasteiger partial charge in [0.25, 0.3) is 5.70 Å². The molecule has 0 saturated carbocycles. The number of methoxy groups -OCH3 is 1. The average Bonchev–Trinajstić information content (AvgIpc) is 2.44. The quantitative estimate of drug-likeness (QED) is 0.478. The summed E-state index contributed by atoms with van der Waals surface area (Å²) in [6.45, 7) is 1.57. The van der Waals surface area contributed by atoms with Crippen LogP contribution in [-0.2, 0) is 9.53 Å². The summed E-state index contributed by atoms with van der Waals surface area (Å²) < 4.78 is 9.61. The van der Waals surface area contributed by atoms with E-state index in [-0.39, 0.29) is 6.61 Å². The third-order valence-corrected chi connectivity index (χ3v) is 2.44. The minimum absolute atomic E-state index is 0.0234. The molecule has 20 heavy (non-hydrogen) atoms. The summed E-state index contributed by atoms with van der Waals surface area (Å²) in [4.78, 5) is 21.5. The Bertz CT molecular complexity index is 525. The Morgan fingerprint density at radius 1 is 1.50 bits per heavy atom. The predicted octanol–water partition coefficient (Wildman–Crippen LogP) is 1.24. The Morgan fingerprint density at radius 3 is 2.70 bits per heavy atom. The van der Waals surface area contributed by atoms with Gasteiger partial charge in [0.15, 0.2) is 0 Å². The molecule has 0 radical (unpaired) electrons. The number of carbonyl (C=O) groups excluding carboxylic acids is 1. The molecule has 1 N–H and O–H groups in total. The first kappa shape index (κ1) is 15.6. The highest BCUT2D eigenvalue weighted by Gasteiger charge is 2.31. The fraction of sp³-hybridized carbons (Fsp3) is 0.308. The second-order valence-corrected chi connectivity index (χ2v) is 3.72. The molecule has 108 valence electrons. The van der Waals surface area contributed by atoms with Gasteiger partial charge in [-0.15, -0.1) is 0 Å². The zero-order chi connectivity index (χ0) is 15.1. The lowest BCUT2D eigenvalue weighted by Gasteiger charge is -2.08. The predicted molar refractivity (Wildman–Crippen MR) is 70.6 cm³/mol. The van der Waals surface area contributed by atoms with Crippen molar-refractivity contribution in [2.75, 3.05) is 13.7 Å². The van der Waals surface area contributed by atoms with Gasteiger partial charge in [-0.1, -0.05) is 18.2 Å². The van der Waals surface area contributed by atoms with Crippen LogP contribution in [0.2, 0.25) is 0 Å². The average molecular weight is 281 g/mol. The van der Waals surface area contributed by atoms with E-state index in [1.54, 1.807) is 31.2 Å². The number of benzene rings is 1. The van der Waals surface area contributed by atoms with Gasteiger partial charge < -0.3 is 14.6 Å². The van der Waals surface area contributed by atoms with E-state index in [4.69, 9.17) is 4.74 Å². The maximum atomic E-state index is 11.4. The number of ether oxygens (including phenoxy) is 2. The largest absolute Gasteiger partial charge is 0.496 e. The van der Waals surface area contributed by atoms with E-state index >= 15 is 0 Å². The summed E-state index contributed by atoms with van der Waals surface area (Å²) in [5.41, 5.74) is -0.294. The molecule has 1 aromatic carbocycles. The normalized spacial score (nSPS) is 12.7. The van der Waals surface area contributed by atoms with E-state index in [2.05, 4.69) is 4.74 Å². The van der Waals surface area contributed by atoms with Crippen molar-refractivity contribution in [3.63, 3.8) is 0 Å². The number of carbonyl (C=O) groups is 1. The monoisotopic (exact) mass is 281 g/mol. The Balaban J connectivity index is 3.16. The molecule has 0 fully saturated rings. The second-order valence-electron chi connectivity index (χ2n) is 3.72. The van der Waals surface area contributed by atoms with Crippen molar-refractivity contribution >= 4 is 12.0 Å². The lowest BCUT2D eigenvalue weighted by atomic mass is 10.1. The van der Waals surface area contributed by atoms with Gasteiger partial charge in [0, 0.05) is 11.6 Å². The van der Waals surface area contributed by atoms with Gasteiger partial charge in [-0.25, -0.2) is 4.79 Å². The van der Waals surface area contributed by atoms with Gasteiger partial charge in [-0.05, 0) is 13.0 Å². The Kier molecular flexibility index (Phi) is 5.67. The topological polar surface area (TPSA) is 98.9 Å². The van der Waals surface area contributed by atoms with Gasteiger partial charge in [0.05, 0.1) is 18.6 Å². The molecule has 7 heteroatoms. The van der Waals surface area contributed by atoms with Crippen LogP contribution in [0.1, 0.15) is 12.5 Å².